The third-order valence-corrected chi connectivity index (χ3v) is 2.80. The minimum Gasteiger partial charge on any atom is -0.375 e. The summed E-state index contributed by atoms with van der Waals surface area (Å²) in [7, 11) is 0. The fourth-order valence-electron chi connectivity index (χ4n) is 1.56. The fraction of sp³-hybridized carbons (Fsp3) is 0.500. The molecular weight excluding hydrogens is 194 g/mol. The fourth-order valence-corrected chi connectivity index (χ4v) is 1.56. The van der Waals surface area contributed by atoms with Crippen LogP contribution in [-0.2, 0) is 0 Å². The maximum atomic E-state index is 10.7. The number of hydrogen-bond donors (Lipinski definition) is 1. The molecule has 0 amide bonds. The van der Waals surface area contributed by atoms with Crippen LogP contribution >= 0.6 is 0 Å². The van der Waals surface area contributed by atoms with Crippen LogP contribution < -0.4 is 5.32 Å². The molecule has 1 fully saturated rings. The molecule has 5 nitrogen and oxygen atoms in total. The SMILES string of the molecule is CC1(C)CC1Nc1cccnc1[N+](=O)[O-]. The molecule has 0 radical (unpaired) electrons. The number of anilines is 1. The van der Waals surface area contributed by atoms with Crippen LogP contribution in [-0.4, -0.2) is 15.9 Å². The van der Waals surface area contributed by atoms with E-state index in [2.05, 4.69) is 24.1 Å². The lowest BCUT2D eigenvalue weighted by Gasteiger charge is -2.07. The summed E-state index contributed by atoms with van der Waals surface area (Å²) in [6.45, 7) is 4.26. The van der Waals surface area contributed by atoms with E-state index in [-0.39, 0.29) is 11.2 Å². The molecule has 1 N–H and O–H groups in total. The highest BCUT2D eigenvalue weighted by atomic mass is 16.6. The predicted octanol–water partition coefficient (Wildman–Crippen LogP) is 2.20. The van der Waals surface area contributed by atoms with Crippen molar-refractivity contribution in [3.63, 3.8) is 0 Å². The molecule has 0 bridgehead atoms. The number of aromatic nitrogens is 1. The Morgan fingerprint density at radius 3 is 2.87 bits per heavy atom. The van der Waals surface area contributed by atoms with Crippen LogP contribution in [0.5, 0.6) is 0 Å². The highest BCUT2D eigenvalue weighted by Crippen LogP contribution is 2.47. The lowest BCUT2D eigenvalue weighted by atomic mass is 10.2. The Bertz CT molecular complexity index is 403. The number of hydrogen-bond acceptors (Lipinski definition) is 4. The van der Waals surface area contributed by atoms with Crippen molar-refractivity contribution in [1.82, 2.24) is 4.98 Å². The van der Waals surface area contributed by atoms with E-state index >= 15 is 0 Å². The second-order valence-electron chi connectivity index (χ2n) is 4.52. The van der Waals surface area contributed by atoms with Gasteiger partial charge >= 0.3 is 5.82 Å². The van der Waals surface area contributed by atoms with Gasteiger partial charge in [-0.3, -0.25) is 0 Å². The van der Waals surface area contributed by atoms with Crippen molar-refractivity contribution in [2.75, 3.05) is 5.32 Å². The highest BCUT2D eigenvalue weighted by molar-refractivity contribution is 5.58. The van der Waals surface area contributed by atoms with E-state index in [9.17, 15) is 10.1 Å². The van der Waals surface area contributed by atoms with E-state index in [4.69, 9.17) is 0 Å². The number of nitrogens with one attached hydrogen (secondary N) is 1. The third-order valence-electron chi connectivity index (χ3n) is 2.80. The summed E-state index contributed by atoms with van der Waals surface area (Å²) >= 11 is 0. The van der Waals surface area contributed by atoms with E-state index in [1.54, 1.807) is 12.1 Å². The molecule has 5 heteroatoms. The summed E-state index contributed by atoms with van der Waals surface area (Å²) in [4.78, 5) is 14.0. The standard InChI is InChI=1S/C10H13N3O2/c1-10(2)6-8(10)12-7-4-3-5-11-9(7)13(14)15/h3-5,8,12H,6H2,1-2H3. The molecule has 1 unspecified atom stereocenters. The summed E-state index contributed by atoms with van der Waals surface area (Å²) in [5.41, 5.74) is 0.752. The Morgan fingerprint density at radius 1 is 1.67 bits per heavy atom. The molecule has 2 rings (SSSR count). The van der Waals surface area contributed by atoms with Crippen molar-refractivity contribution < 1.29 is 4.92 Å². The molecule has 1 aromatic heterocycles. The molecule has 0 aromatic carbocycles. The molecule has 1 aliphatic rings. The molecule has 0 spiro atoms. The van der Waals surface area contributed by atoms with E-state index in [0.717, 1.165) is 6.42 Å². The highest BCUT2D eigenvalue weighted by Gasteiger charge is 2.46. The summed E-state index contributed by atoms with van der Waals surface area (Å²) in [5, 5.41) is 13.8. The molecule has 15 heavy (non-hydrogen) atoms. The maximum Gasteiger partial charge on any atom is 0.386 e. The monoisotopic (exact) mass is 207 g/mol. The first-order valence-corrected chi connectivity index (χ1v) is 4.87. The summed E-state index contributed by atoms with van der Waals surface area (Å²) < 4.78 is 0. The quantitative estimate of drug-likeness (QED) is 0.609. The Balaban J connectivity index is 2.18. The van der Waals surface area contributed by atoms with Gasteiger partial charge in [-0.2, -0.15) is 0 Å². The first-order chi connectivity index (χ1) is 7.00. The second kappa shape index (κ2) is 3.18. The number of nitrogens with zero attached hydrogens (tertiary/aromatic N) is 2. The largest absolute Gasteiger partial charge is 0.386 e. The van der Waals surface area contributed by atoms with Gasteiger partial charge < -0.3 is 15.4 Å². The number of nitro groups is 1. The maximum absolute atomic E-state index is 10.7. The molecular formula is C10H13N3O2. The van der Waals surface area contributed by atoms with Gasteiger partial charge in [0.15, 0.2) is 0 Å². The van der Waals surface area contributed by atoms with Gasteiger partial charge in [0.1, 0.15) is 11.9 Å². The third kappa shape index (κ3) is 1.91. The zero-order chi connectivity index (χ0) is 11.1. The summed E-state index contributed by atoms with van der Waals surface area (Å²) in [6, 6.07) is 3.71. The van der Waals surface area contributed by atoms with E-state index < -0.39 is 4.92 Å². The van der Waals surface area contributed by atoms with Gasteiger partial charge in [0.25, 0.3) is 0 Å². The average molecular weight is 207 g/mol. The van der Waals surface area contributed by atoms with Gasteiger partial charge in [0.05, 0.1) is 0 Å². The van der Waals surface area contributed by atoms with Gasteiger partial charge in [0, 0.05) is 6.04 Å². The van der Waals surface area contributed by atoms with Gasteiger partial charge in [-0.15, -0.1) is 0 Å². The Kier molecular flexibility index (Phi) is 2.10. The van der Waals surface area contributed by atoms with Gasteiger partial charge in [0.2, 0.25) is 0 Å². The normalized spacial score (nSPS) is 22.1. The zero-order valence-electron chi connectivity index (χ0n) is 8.73. The van der Waals surface area contributed by atoms with Crippen LogP contribution in [0.1, 0.15) is 20.3 Å². The van der Waals surface area contributed by atoms with Crippen molar-refractivity contribution in [3.8, 4) is 0 Å². The molecule has 1 saturated carbocycles. The van der Waals surface area contributed by atoms with Crippen LogP contribution in [0.2, 0.25) is 0 Å². The van der Waals surface area contributed by atoms with Gasteiger partial charge in [-0.25, -0.2) is 0 Å². The van der Waals surface area contributed by atoms with Crippen molar-refractivity contribution in [2.24, 2.45) is 5.41 Å². The Morgan fingerprint density at radius 2 is 2.33 bits per heavy atom. The van der Waals surface area contributed by atoms with E-state index in [1.165, 1.54) is 6.20 Å². The summed E-state index contributed by atoms with van der Waals surface area (Å²) in [6.07, 6.45) is 2.47. The minimum absolute atomic E-state index is 0.0970. The molecule has 1 atom stereocenters. The van der Waals surface area contributed by atoms with Crippen LogP contribution in [0.3, 0.4) is 0 Å². The van der Waals surface area contributed by atoms with Crippen molar-refractivity contribution in [2.45, 2.75) is 26.3 Å². The first-order valence-electron chi connectivity index (χ1n) is 4.87. The molecule has 1 heterocycles. The zero-order valence-corrected chi connectivity index (χ0v) is 8.73. The Labute approximate surface area is 87.7 Å². The van der Waals surface area contributed by atoms with Crippen LogP contribution in [0.15, 0.2) is 18.3 Å². The average Bonchev–Trinajstić information content (AvgIpc) is 2.74. The summed E-state index contributed by atoms with van der Waals surface area (Å²) in [5.74, 6) is -0.0970. The van der Waals surface area contributed by atoms with Crippen molar-refractivity contribution >= 4 is 11.5 Å². The predicted molar refractivity (Wildman–Crippen MR) is 56.7 cm³/mol. The van der Waals surface area contributed by atoms with Crippen LogP contribution in [0, 0.1) is 15.5 Å². The lowest BCUT2D eigenvalue weighted by molar-refractivity contribution is -0.388. The molecule has 0 saturated heterocycles. The number of pyridine rings is 1. The molecule has 1 aromatic rings. The van der Waals surface area contributed by atoms with Crippen molar-refractivity contribution in [3.05, 3.63) is 28.4 Å². The minimum atomic E-state index is -0.461. The molecule has 80 valence electrons. The van der Waals surface area contributed by atoms with Gasteiger partial charge in [-0.05, 0) is 33.9 Å². The Hall–Kier alpha value is -1.65. The van der Waals surface area contributed by atoms with Crippen LogP contribution in [0.25, 0.3) is 0 Å². The van der Waals surface area contributed by atoms with E-state index in [0.29, 0.717) is 11.7 Å². The lowest BCUT2D eigenvalue weighted by Crippen LogP contribution is -2.10. The number of rotatable bonds is 3. The van der Waals surface area contributed by atoms with Crippen LogP contribution in [0.4, 0.5) is 11.5 Å². The smallest absolute Gasteiger partial charge is 0.375 e. The topological polar surface area (TPSA) is 68.1 Å². The first kappa shape index (κ1) is 9.89. The molecule has 0 aliphatic heterocycles. The second-order valence-corrected chi connectivity index (χ2v) is 4.52. The van der Waals surface area contributed by atoms with Gasteiger partial charge in [-0.1, -0.05) is 13.8 Å². The van der Waals surface area contributed by atoms with E-state index in [1.807, 2.05) is 0 Å². The molecule has 1 aliphatic carbocycles. The van der Waals surface area contributed by atoms with Crippen molar-refractivity contribution in [1.29, 1.82) is 0 Å².